The molecule has 4 rings (SSSR count). The van der Waals surface area contributed by atoms with Crippen LogP contribution in [0.15, 0.2) is 41.4 Å². The van der Waals surface area contributed by atoms with E-state index in [2.05, 4.69) is 14.6 Å². The Morgan fingerprint density at radius 1 is 1.16 bits per heavy atom. The number of piperidine rings is 1. The predicted octanol–water partition coefficient (Wildman–Crippen LogP) is 3.20. The number of carbonyl (C=O) groups is 1. The van der Waals surface area contributed by atoms with E-state index in [1.807, 2.05) is 11.8 Å². The third kappa shape index (κ3) is 5.21. The number of aromatic carboxylic acids is 1. The zero-order valence-electron chi connectivity index (χ0n) is 18.3. The molecule has 0 saturated carbocycles. The quantitative estimate of drug-likeness (QED) is 0.657. The van der Waals surface area contributed by atoms with Crippen molar-refractivity contribution in [2.24, 2.45) is 5.92 Å². The summed E-state index contributed by atoms with van der Waals surface area (Å²) in [7, 11) is -3.83. The van der Waals surface area contributed by atoms with E-state index in [0.29, 0.717) is 11.7 Å². The first-order valence-corrected chi connectivity index (χ1v) is 12.6. The van der Waals surface area contributed by atoms with Gasteiger partial charge < -0.3 is 14.9 Å². The number of hydrogen-bond acceptors (Lipinski definition) is 6. The second kappa shape index (κ2) is 9.46. The Hall–Kier alpha value is -2.65. The summed E-state index contributed by atoms with van der Waals surface area (Å²) >= 11 is 0. The predicted molar refractivity (Wildman–Crippen MR) is 124 cm³/mol. The van der Waals surface area contributed by atoms with Crippen LogP contribution in [0.2, 0.25) is 0 Å². The number of aromatic nitrogens is 1. The number of nitrogens with one attached hydrogen (secondary N) is 1. The highest BCUT2D eigenvalue weighted by Gasteiger charge is 2.27. The molecule has 0 aliphatic carbocycles. The maximum atomic E-state index is 12.7. The van der Waals surface area contributed by atoms with Crippen molar-refractivity contribution in [1.29, 1.82) is 0 Å². The lowest BCUT2D eigenvalue weighted by atomic mass is 9.97. The van der Waals surface area contributed by atoms with Crippen LogP contribution in [-0.4, -0.2) is 62.1 Å². The Balaban J connectivity index is 1.52. The fourth-order valence-corrected chi connectivity index (χ4v) is 5.63. The average Bonchev–Trinajstić information content (AvgIpc) is 3.27. The van der Waals surface area contributed by atoms with Crippen molar-refractivity contribution in [3.05, 3.63) is 47.7 Å². The zero-order chi connectivity index (χ0) is 22.7. The standard InChI is InChI=1S/C23H30N4O4S/c1-17-6-8-20(9-7-17)32(30,31)25-19-13-21(23(28)29)22(24-14-19)27-12-4-5-18(16-27)15-26-10-2-3-11-26/h6-9,13-14,18,25H,2-5,10-12,15-16H2,1H3,(H,28,29). The molecule has 1 unspecified atom stereocenters. The molecule has 2 fully saturated rings. The van der Waals surface area contributed by atoms with E-state index in [1.165, 1.54) is 37.2 Å². The van der Waals surface area contributed by atoms with Crippen LogP contribution in [0.1, 0.15) is 41.6 Å². The molecular formula is C23H30N4O4S. The number of likely N-dealkylation sites (tertiary alicyclic amines) is 1. The van der Waals surface area contributed by atoms with Gasteiger partial charge in [0.15, 0.2) is 0 Å². The minimum atomic E-state index is -3.83. The molecule has 8 nitrogen and oxygen atoms in total. The molecule has 2 aliphatic rings. The van der Waals surface area contributed by atoms with Gasteiger partial charge in [-0.3, -0.25) is 4.72 Å². The monoisotopic (exact) mass is 458 g/mol. The second-order valence-corrected chi connectivity index (χ2v) is 10.5. The summed E-state index contributed by atoms with van der Waals surface area (Å²) in [5, 5.41) is 9.81. The number of sulfonamides is 1. The minimum absolute atomic E-state index is 0.0101. The van der Waals surface area contributed by atoms with Crippen molar-refractivity contribution >= 4 is 27.5 Å². The first-order valence-electron chi connectivity index (χ1n) is 11.1. The number of carboxylic acid groups (broad SMARTS) is 1. The molecule has 0 radical (unpaired) electrons. The Morgan fingerprint density at radius 3 is 2.56 bits per heavy atom. The van der Waals surface area contributed by atoms with E-state index >= 15 is 0 Å². The molecule has 9 heteroatoms. The largest absolute Gasteiger partial charge is 0.478 e. The number of pyridine rings is 1. The zero-order valence-corrected chi connectivity index (χ0v) is 19.1. The molecule has 2 aliphatic heterocycles. The number of carboxylic acids is 1. The summed E-state index contributed by atoms with van der Waals surface area (Å²) in [5.74, 6) is -0.238. The van der Waals surface area contributed by atoms with E-state index in [9.17, 15) is 18.3 Å². The Morgan fingerprint density at radius 2 is 1.88 bits per heavy atom. The van der Waals surface area contributed by atoms with Gasteiger partial charge in [0.05, 0.1) is 16.8 Å². The van der Waals surface area contributed by atoms with Gasteiger partial charge in [0.1, 0.15) is 11.4 Å². The normalized spacial score (nSPS) is 19.8. The molecule has 2 aromatic rings. The molecule has 3 heterocycles. The van der Waals surface area contributed by atoms with E-state index in [1.54, 1.807) is 12.1 Å². The number of rotatable bonds is 7. The van der Waals surface area contributed by atoms with Crippen LogP contribution >= 0.6 is 0 Å². The lowest BCUT2D eigenvalue weighted by molar-refractivity contribution is 0.0697. The molecule has 1 aromatic heterocycles. The Labute approximate surface area is 189 Å². The van der Waals surface area contributed by atoms with Crippen molar-refractivity contribution in [2.45, 2.75) is 37.5 Å². The molecule has 1 atom stereocenters. The lowest BCUT2D eigenvalue weighted by Crippen LogP contribution is -2.41. The number of hydrogen-bond donors (Lipinski definition) is 2. The van der Waals surface area contributed by atoms with Crippen molar-refractivity contribution in [2.75, 3.05) is 42.3 Å². The van der Waals surface area contributed by atoms with Gasteiger partial charge in [-0.05, 0) is 69.8 Å². The maximum Gasteiger partial charge on any atom is 0.339 e. The van der Waals surface area contributed by atoms with Crippen LogP contribution < -0.4 is 9.62 Å². The van der Waals surface area contributed by atoms with Gasteiger partial charge >= 0.3 is 5.97 Å². The molecule has 0 spiro atoms. The summed E-state index contributed by atoms with van der Waals surface area (Å²) in [6, 6.07) is 7.83. The summed E-state index contributed by atoms with van der Waals surface area (Å²) in [4.78, 5) is 21.0. The first-order chi connectivity index (χ1) is 15.3. The molecule has 0 bridgehead atoms. The average molecular weight is 459 g/mol. The number of anilines is 2. The van der Waals surface area contributed by atoms with Crippen molar-refractivity contribution in [3.8, 4) is 0 Å². The third-order valence-corrected chi connectivity index (χ3v) is 7.61. The smallest absolute Gasteiger partial charge is 0.339 e. The van der Waals surface area contributed by atoms with Crippen LogP contribution in [0.25, 0.3) is 0 Å². The highest BCUT2D eigenvalue weighted by Crippen LogP contribution is 2.28. The molecule has 0 amide bonds. The summed E-state index contributed by atoms with van der Waals surface area (Å²) in [6.07, 6.45) is 6.02. The van der Waals surface area contributed by atoms with Gasteiger partial charge in [-0.2, -0.15) is 0 Å². The van der Waals surface area contributed by atoms with E-state index < -0.39 is 16.0 Å². The van der Waals surface area contributed by atoms with E-state index in [-0.39, 0.29) is 16.1 Å². The molecule has 2 saturated heterocycles. The van der Waals surface area contributed by atoms with Gasteiger partial charge in [0, 0.05) is 19.6 Å². The number of aryl methyl sites for hydroxylation is 1. The third-order valence-electron chi connectivity index (χ3n) is 6.21. The second-order valence-electron chi connectivity index (χ2n) is 8.78. The lowest BCUT2D eigenvalue weighted by Gasteiger charge is -2.36. The number of nitrogens with zero attached hydrogens (tertiary/aromatic N) is 3. The van der Waals surface area contributed by atoms with Gasteiger partial charge in [0.25, 0.3) is 10.0 Å². The topological polar surface area (TPSA) is 103 Å². The highest BCUT2D eigenvalue weighted by atomic mass is 32.2. The summed E-state index contributed by atoms with van der Waals surface area (Å²) in [6.45, 7) is 6.71. The van der Waals surface area contributed by atoms with Crippen molar-refractivity contribution in [3.63, 3.8) is 0 Å². The van der Waals surface area contributed by atoms with Crippen LogP contribution in [-0.2, 0) is 10.0 Å². The van der Waals surface area contributed by atoms with E-state index in [0.717, 1.165) is 51.1 Å². The SMILES string of the molecule is Cc1ccc(S(=O)(=O)Nc2cnc(N3CCCC(CN4CCCC4)C3)c(C(=O)O)c2)cc1. The van der Waals surface area contributed by atoms with Crippen LogP contribution in [0, 0.1) is 12.8 Å². The van der Waals surface area contributed by atoms with Crippen LogP contribution in [0.3, 0.4) is 0 Å². The maximum absolute atomic E-state index is 12.7. The van der Waals surface area contributed by atoms with Gasteiger partial charge in [-0.25, -0.2) is 18.2 Å². The van der Waals surface area contributed by atoms with E-state index in [4.69, 9.17) is 0 Å². The Kier molecular flexibility index (Phi) is 6.66. The van der Waals surface area contributed by atoms with Gasteiger partial charge in [-0.15, -0.1) is 0 Å². The summed E-state index contributed by atoms with van der Waals surface area (Å²) < 4.78 is 27.8. The minimum Gasteiger partial charge on any atom is -0.478 e. The van der Waals surface area contributed by atoms with Crippen LogP contribution in [0.4, 0.5) is 11.5 Å². The van der Waals surface area contributed by atoms with Gasteiger partial charge in [-0.1, -0.05) is 17.7 Å². The fourth-order valence-electron chi connectivity index (χ4n) is 4.59. The Bertz CT molecular complexity index is 1070. The van der Waals surface area contributed by atoms with Crippen molar-refractivity contribution < 1.29 is 18.3 Å². The highest BCUT2D eigenvalue weighted by molar-refractivity contribution is 7.92. The van der Waals surface area contributed by atoms with Crippen molar-refractivity contribution in [1.82, 2.24) is 9.88 Å². The molecule has 172 valence electrons. The fraction of sp³-hybridized carbons (Fsp3) is 0.478. The molecule has 1 aromatic carbocycles. The molecule has 32 heavy (non-hydrogen) atoms. The molecule has 2 N–H and O–H groups in total. The summed E-state index contributed by atoms with van der Waals surface area (Å²) in [5.41, 5.74) is 1.10. The first kappa shape index (κ1) is 22.5. The van der Waals surface area contributed by atoms with Crippen LogP contribution in [0.5, 0.6) is 0 Å². The number of benzene rings is 1. The van der Waals surface area contributed by atoms with Gasteiger partial charge in [0.2, 0.25) is 0 Å². The molecular weight excluding hydrogens is 428 g/mol.